The van der Waals surface area contributed by atoms with Crippen LogP contribution in [0.25, 0.3) is 22.4 Å². The third-order valence-corrected chi connectivity index (χ3v) is 9.59. The van der Waals surface area contributed by atoms with E-state index in [1.54, 1.807) is 31.2 Å². The van der Waals surface area contributed by atoms with Gasteiger partial charge in [-0.1, -0.05) is 28.9 Å². The highest BCUT2D eigenvalue weighted by molar-refractivity contribution is 6.30. The molecule has 9 nitrogen and oxygen atoms in total. The van der Waals surface area contributed by atoms with Crippen LogP contribution in [0.2, 0.25) is 5.02 Å². The van der Waals surface area contributed by atoms with Crippen LogP contribution in [0, 0.1) is 5.82 Å². The zero-order chi connectivity index (χ0) is 33.2. The Kier molecular flexibility index (Phi) is 7.61. The molecule has 0 amide bonds. The van der Waals surface area contributed by atoms with Crippen LogP contribution in [0.15, 0.2) is 59.1 Å². The number of halogens is 5. The van der Waals surface area contributed by atoms with E-state index in [1.807, 2.05) is 24.3 Å². The van der Waals surface area contributed by atoms with Crippen LogP contribution in [0.4, 0.5) is 17.6 Å². The molecule has 3 aromatic carbocycles. The Morgan fingerprint density at radius 3 is 2.52 bits per heavy atom. The molecule has 48 heavy (non-hydrogen) atoms. The number of piperidine rings is 1. The van der Waals surface area contributed by atoms with Crippen molar-refractivity contribution in [2.75, 3.05) is 19.7 Å². The first-order chi connectivity index (χ1) is 23.0. The summed E-state index contributed by atoms with van der Waals surface area (Å²) >= 11 is 5.98. The van der Waals surface area contributed by atoms with Crippen LogP contribution in [0.5, 0.6) is 11.5 Å². The van der Waals surface area contributed by atoms with E-state index in [2.05, 4.69) is 24.1 Å². The number of nitrogens with zero attached hydrogens (tertiary/aromatic N) is 5. The summed E-state index contributed by atoms with van der Waals surface area (Å²) in [7, 11) is 0. The van der Waals surface area contributed by atoms with Gasteiger partial charge in [-0.2, -0.15) is 18.2 Å². The van der Waals surface area contributed by atoms with Gasteiger partial charge >= 0.3 is 12.1 Å². The van der Waals surface area contributed by atoms with Gasteiger partial charge in [0.15, 0.2) is 11.5 Å². The van der Waals surface area contributed by atoms with Gasteiger partial charge < -0.3 is 23.3 Å². The molecular formula is C34H30ClF4N5O4. The Morgan fingerprint density at radius 1 is 1.00 bits per heavy atom. The van der Waals surface area contributed by atoms with Crippen molar-refractivity contribution in [1.82, 2.24) is 24.6 Å². The molecule has 2 saturated heterocycles. The quantitative estimate of drug-likeness (QED) is 0.161. The summed E-state index contributed by atoms with van der Waals surface area (Å²) in [5, 5.41) is 3.83. The number of hydrogen-bond donors (Lipinski definition) is 0. The smallest absolute Gasteiger partial charge is 0.444 e. The lowest BCUT2D eigenvalue weighted by Crippen LogP contribution is -2.35. The van der Waals surface area contributed by atoms with E-state index < -0.39 is 23.7 Å². The maximum atomic E-state index is 14.9. The van der Waals surface area contributed by atoms with Gasteiger partial charge in [-0.15, -0.1) is 0 Å². The highest BCUT2D eigenvalue weighted by atomic mass is 35.5. The third-order valence-electron chi connectivity index (χ3n) is 9.36. The zero-order valence-electron chi connectivity index (χ0n) is 25.8. The van der Waals surface area contributed by atoms with Crippen molar-refractivity contribution >= 4 is 22.6 Å². The normalized spacial score (nSPS) is 21.6. The molecule has 0 aliphatic carbocycles. The van der Waals surface area contributed by atoms with Gasteiger partial charge in [0.2, 0.25) is 5.82 Å². The number of imidazole rings is 1. The largest absolute Gasteiger partial charge is 0.471 e. The molecule has 250 valence electrons. The monoisotopic (exact) mass is 683 g/mol. The van der Waals surface area contributed by atoms with Gasteiger partial charge in [0.05, 0.1) is 35.8 Å². The Balaban J connectivity index is 0.998. The first-order valence-corrected chi connectivity index (χ1v) is 16.1. The maximum absolute atomic E-state index is 14.9. The molecule has 0 bridgehead atoms. The second kappa shape index (κ2) is 11.7. The average molecular weight is 684 g/mol. The van der Waals surface area contributed by atoms with Crippen molar-refractivity contribution in [3.63, 3.8) is 0 Å². The minimum Gasteiger partial charge on any atom is -0.444 e. The lowest BCUT2D eigenvalue weighted by atomic mass is 9.88. The summed E-state index contributed by atoms with van der Waals surface area (Å²) in [6.07, 6.45) is -1.97. The van der Waals surface area contributed by atoms with Crippen molar-refractivity contribution in [3.8, 4) is 22.9 Å². The van der Waals surface area contributed by atoms with Gasteiger partial charge in [-0.25, -0.2) is 9.37 Å². The highest BCUT2D eigenvalue weighted by Crippen LogP contribution is 2.50. The van der Waals surface area contributed by atoms with Crippen LogP contribution in [0.1, 0.15) is 54.9 Å². The van der Waals surface area contributed by atoms with Crippen LogP contribution >= 0.6 is 11.6 Å². The van der Waals surface area contributed by atoms with E-state index in [9.17, 15) is 17.6 Å². The first-order valence-electron chi connectivity index (χ1n) is 15.7. The number of benzene rings is 3. The molecule has 2 fully saturated rings. The number of likely N-dealkylation sites (tertiary alicyclic amines) is 1. The number of aromatic nitrogens is 4. The number of para-hydroxylation sites is 1. The fourth-order valence-corrected chi connectivity index (χ4v) is 6.93. The van der Waals surface area contributed by atoms with Crippen molar-refractivity contribution < 1.29 is 36.3 Å². The minimum atomic E-state index is -4.72. The zero-order valence-corrected chi connectivity index (χ0v) is 26.5. The number of ether oxygens (including phenoxy) is 3. The summed E-state index contributed by atoms with van der Waals surface area (Å²) in [6.45, 7) is 5.24. The van der Waals surface area contributed by atoms with Crippen molar-refractivity contribution in [3.05, 3.63) is 88.3 Å². The second-order valence-electron chi connectivity index (χ2n) is 12.5. The number of rotatable bonds is 7. The van der Waals surface area contributed by atoms with Crippen LogP contribution < -0.4 is 9.47 Å². The molecular weight excluding hydrogens is 654 g/mol. The second-order valence-corrected chi connectivity index (χ2v) is 13.0. The Hall–Kier alpha value is -4.20. The summed E-state index contributed by atoms with van der Waals surface area (Å²) in [5.41, 5.74) is 3.18. The standard InChI is InChI=1S/C34H30ClF4N5O4/c1-33(24-7-6-21(35)16-25(24)36)46-28-4-2-3-23(30(28)47-33)19-9-12-43(13-10-19)18-29-40-26-15-20(31-41-32(48-42-31)34(37,38)39)5-8-27(26)44(29)17-22-11-14-45-22/h2-8,15-16,19,22H,9-14,17-18H2,1H3. The Bertz CT molecular complexity index is 2000. The van der Waals surface area contributed by atoms with Crippen molar-refractivity contribution in [1.29, 1.82) is 0 Å². The lowest BCUT2D eigenvalue weighted by molar-refractivity contribution is -0.159. The predicted octanol–water partition coefficient (Wildman–Crippen LogP) is 7.71. The van der Waals surface area contributed by atoms with Crippen LogP contribution in [0.3, 0.4) is 0 Å². The number of fused-ring (bicyclic) bond motifs is 2. The highest BCUT2D eigenvalue weighted by Gasteiger charge is 2.43. The number of hydrogen-bond acceptors (Lipinski definition) is 8. The SMILES string of the molecule is CC1(c2ccc(Cl)cc2F)Oc2cccc(C3CCN(Cc4nc5cc(-c6noc(C(F)(F)F)n6)ccc5n4CC4CCO4)CC3)c2O1. The molecule has 3 aliphatic rings. The summed E-state index contributed by atoms with van der Waals surface area (Å²) in [4.78, 5) is 10.8. The van der Waals surface area contributed by atoms with Gasteiger partial charge in [-0.3, -0.25) is 4.90 Å². The molecule has 8 rings (SSSR count). The van der Waals surface area contributed by atoms with Gasteiger partial charge in [-0.05, 0) is 80.7 Å². The third kappa shape index (κ3) is 5.67. The summed E-state index contributed by atoms with van der Waals surface area (Å²) in [5.74, 6) is -1.09. The van der Waals surface area contributed by atoms with Gasteiger partial charge in [0.1, 0.15) is 11.6 Å². The molecule has 0 radical (unpaired) electrons. The molecule has 5 heterocycles. The fourth-order valence-electron chi connectivity index (χ4n) is 6.77. The van der Waals surface area contributed by atoms with Crippen molar-refractivity contribution in [2.24, 2.45) is 0 Å². The van der Waals surface area contributed by atoms with E-state index >= 15 is 0 Å². The van der Waals surface area contributed by atoms with E-state index in [4.69, 9.17) is 30.8 Å². The van der Waals surface area contributed by atoms with E-state index in [1.165, 1.54) is 6.07 Å². The van der Waals surface area contributed by atoms with E-state index in [-0.39, 0.29) is 23.4 Å². The predicted molar refractivity (Wildman–Crippen MR) is 166 cm³/mol. The van der Waals surface area contributed by atoms with Crippen LogP contribution in [-0.2, 0) is 29.8 Å². The average Bonchev–Trinajstić information content (AvgIpc) is 3.74. The molecule has 3 aliphatic heterocycles. The topological polar surface area (TPSA) is 87.7 Å². The number of alkyl halides is 3. The molecule has 0 spiro atoms. The molecule has 5 aromatic rings. The first kappa shape index (κ1) is 31.1. The molecule has 0 saturated carbocycles. The van der Waals surface area contributed by atoms with Gasteiger partial charge in [0.25, 0.3) is 5.79 Å². The van der Waals surface area contributed by atoms with E-state index in [0.717, 1.165) is 55.9 Å². The Morgan fingerprint density at radius 2 is 1.81 bits per heavy atom. The lowest BCUT2D eigenvalue weighted by Gasteiger charge is -2.33. The Labute approximate surface area is 277 Å². The fraction of sp³-hybridized carbons (Fsp3) is 0.382. The van der Waals surface area contributed by atoms with Crippen LogP contribution in [-0.4, -0.2) is 50.4 Å². The van der Waals surface area contributed by atoms with Gasteiger partial charge in [0, 0.05) is 29.7 Å². The van der Waals surface area contributed by atoms with Crippen molar-refractivity contribution in [2.45, 2.75) is 63.3 Å². The summed E-state index contributed by atoms with van der Waals surface area (Å²) < 4.78 is 78.8. The maximum Gasteiger partial charge on any atom is 0.471 e. The minimum absolute atomic E-state index is 0.0764. The summed E-state index contributed by atoms with van der Waals surface area (Å²) in [6, 6.07) is 15.5. The molecule has 14 heteroatoms. The molecule has 0 N–H and O–H groups in total. The molecule has 2 aromatic heterocycles. The molecule has 2 unspecified atom stereocenters. The van der Waals surface area contributed by atoms with E-state index in [0.29, 0.717) is 40.7 Å². The molecule has 2 atom stereocenters.